The quantitative estimate of drug-likeness (QED) is 0.126. The monoisotopic (exact) mass is 518 g/mol. The van der Waals surface area contributed by atoms with Crippen molar-refractivity contribution in [2.24, 2.45) is 11.3 Å². The largest absolute Gasteiger partial charge is 0.0843 e. The first-order valence-corrected chi connectivity index (χ1v) is 16.5. The maximum absolute atomic E-state index is 6.41. The molecule has 2 unspecified atom stereocenters. The zero-order valence-electron chi connectivity index (χ0n) is 25.4. The van der Waals surface area contributed by atoms with E-state index < -0.39 is 0 Å². The van der Waals surface area contributed by atoms with E-state index in [1.807, 2.05) is 0 Å². The fourth-order valence-corrected chi connectivity index (χ4v) is 6.79. The fraction of sp³-hybridized carbons (Fsp3) is 0.829. The third-order valence-corrected chi connectivity index (χ3v) is 9.45. The van der Waals surface area contributed by atoms with Gasteiger partial charge in [-0.05, 0) is 66.5 Å². The van der Waals surface area contributed by atoms with Crippen molar-refractivity contribution in [1.29, 1.82) is 0 Å². The SMILES string of the molecule is CCCCCCCC(CCCCC)(CC(CCCCC)(CCCCCC)c1ccc(Cl)cc1)C(C)C. The molecule has 0 aliphatic rings. The molecule has 0 bridgehead atoms. The summed E-state index contributed by atoms with van der Waals surface area (Å²) in [6, 6.07) is 9.12. The molecule has 0 spiro atoms. The van der Waals surface area contributed by atoms with Gasteiger partial charge in [-0.1, -0.05) is 162 Å². The Morgan fingerprint density at radius 3 is 1.44 bits per heavy atom. The van der Waals surface area contributed by atoms with Crippen LogP contribution in [0.3, 0.4) is 0 Å². The molecule has 0 aromatic heterocycles. The molecule has 36 heavy (non-hydrogen) atoms. The van der Waals surface area contributed by atoms with Crippen LogP contribution >= 0.6 is 11.6 Å². The van der Waals surface area contributed by atoms with Crippen molar-refractivity contribution >= 4 is 11.6 Å². The molecule has 1 aromatic carbocycles. The lowest BCUT2D eigenvalue weighted by Gasteiger charge is -2.48. The number of hydrogen-bond acceptors (Lipinski definition) is 0. The first kappa shape index (κ1) is 33.5. The van der Waals surface area contributed by atoms with Gasteiger partial charge < -0.3 is 0 Å². The van der Waals surface area contributed by atoms with Crippen LogP contribution in [0.1, 0.15) is 176 Å². The maximum atomic E-state index is 6.41. The summed E-state index contributed by atoms with van der Waals surface area (Å²) in [6.45, 7) is 14.5. The minimum Gasteiger partial charge on any atom is -0.0843 e. The summed E-state index contributed by atoms with van der Waals surface area (Å²) in [5, 5.41) is 0.876. The minimum absolute atomic E-state index is 0.285. The highest BCUT2D eigenvalue weighted by molar-refractivity contribution is 6.30. The molecule has 0 nitrogen and oxygen atoms in total. The van der Waals surface area contributed by atoms with E-state index in [9.17, 15) is 0 Å². The minimum atomic E-state index is 0.285. The van der Waals surface area contributed by atoms with Gasteiger partial charge in [-0.2, -0.15) is 0 Å². The molecule has 0 saturated heterocycles. The zero-order valence-corrected chi connectivity index (χ0v) is 26.2. The predicted octanol–water partition coefficient (Wildman–Crippen LogP) is 13.1. The van der Waals surface area contributed by atoms with Gasteiger partial charge in [0.15, 0.2) is 0 Å². The van der Waals surface area contributed by atoms with E-state index in [2.05, 4.69) is 65.8 Å². The highest BCUT2D eigenvalue weighted by Crippen LogP contribution is 2.52. The Kier molecular flexibility index (Phi) is 18.2. The number of rotatable bonds is 23. The lowest BCUT2D eigenvalue weighted by Crippen LogP contribution is -2.39. The fourth-order valence-electron chi connectivity index (χ4n) is 6.66. The topological polar surface area (TPSA) is 0 Å². The first-order chi connectivity index (χ1) is 17.4. The average Bonchev–Trinajstić information content (AvgIpc) is 2.86. The van der Waals surface area contributed by atoms with E-state index in [1.54, 1.807) is 5.56 Å². The lowest BCUT2D eigenvalue weighted by molar-refractivity contribution is 0.0773. The molecule has 1 rings (SSSR count). The van der Waals surface area contributed by atoms with Crippen LogP contribution in [0.2, 0.25) is 5.02 Å². The van der Waals surface area contributed by atoms with Gasteiger partial charge >= 0.3 is 0 Å². The van der Waals surface area contributed by atoms with E-state index in [1.165, 1.54) is 128 Å². The van der Waals surface area contributed by atoms with Crippen molar-refractivity contribution in [2.75, 3.05) is 0 Å². The van der Waals surface area contributed by atoms with Crippen molar-refractivity contribution in [2.45, 2.75) is 175 Å². The van der Waals surface area contributed by atoms with Gasteiger partial charge in [0, 0.05) is 5.02 Å². The maximum Gasteiger partial charge on any atom is 0.0406 e. The van der Waals surface area contributed by atoms with Crippen LogP contribution in [0.15, 0.2) is 24.3 Å². The van der Waals surface area contributed by atoms with Gasteiger partial charge in [0.25, 0.3) is 0 Å². The van der Waals surface area contributed by atoms with Crippen molar-refractivity contribution in [3.05, 3.63) is 34.9 Å². The normalized spacial score (nSPS) is 15.2. The number of halogens is 1. The Bertz CT molecular complexity index is 633. The van der Waals surface area contributed by atoms with Crippen LogP contribution < -0.4 is 0 Å². The van der Waals surface area contributed by atoms with E-state index in [0.29, 0.717) is 5.41 Å². The van der Waals surface area contributed by atoms with Crippen LogP contribution in [0.25, 0.3) is 0 Å². The van der Waals surface area contributed by atoms with Crippen molar-refractivity contribution in [3.8, 4) is 0 Å². The second-order valence-electron chi connectivity index (χ2n) is 12.4. The zero-order chi connectivity index (χ0) is 26.7. The van der Waals surface area contributed by atoms with Crippen molar-refractivity contribution < 1.29 is 0 Å². The molecule has 1 aromatic rings. The number of unbranched alkanes of at least 4 members (excludes halogenated alkanes) is 11. The summed E-state index contributed by atoms with van der Waals surface area (Å²) in [6.07, 6.45) is 27.4. The van der Waals surface area contributed by atoms with Crippen LogP contribution in [0.5, 0.6) is 0 Å². The molecule has 210 valence electrons. The molecule has 0 amide bonds. The summed E-state index contributed by atoms with van der Waals surface area (Å²) < 4.78 is 0. The Balaban J connectivity index is 3.41. The van der Waals surface area contributed by atoms with E-state index in [4.69, 9.17) is 11.6 Å². The van der Waals surface area contributed by atoms with Crippen LogP contribution in [-0.2, 0) is 5.41 Å². The Labute approximate surface area is 232 Å². The van der Waals surface area contributed by atoms with Crippen molar-refractivity contribution in [3.63, 3.8) is 0 Å². The smallest absolute Gasteiger partial charge is 0.0406 e. The molecule has 0 heterocycles. The van der Waals surface area contributed by atoms with Gasteiger partial charge in [0.05, 0.1) is 0 Å². The summed E-state index contributed by atoms with van der Waals surface area (Å²) >= 11 is 6.41. The highest BCUT2D eigenvalue weighted by atomic mass is 35.5. The van der Waals surface area contributed by atoms with Crippen LogP contribution in [-0.4, -0.2) is 0 Å². The van der Waals surface area contributed by atoms with Crippen LogP contribution in [0, 0.1) is 11.3 Å². The standard InChI is InChI=1S/C35H63Cl/c1-7-11-15-17-21-27-34(31(5)6,26-18-13-9-3)30-35(28-19-14-10-4,29-20-16-12-8-2)32-22-24-33(36)25-23-32/h22-25,31H,7-21,26-30H2,1-6H3. The summed E-state index contributed by atoms with van der Waals surface area (Å²) in [5.74, 6) is 0.731. The van der Waals surface area contributed by atoms with E-state index in [-0.39, 0.29) is 5.41 Å². The Morgan fingerprint density at radius 1 is 0.556 bits per heavy atom. The van der Waals surface area contributed by atoms with Gasteiger partial charge in [-0.3, -0.25) is 0 Å². The van der Waals surface area contributed by atoms with Gasteiger partial charge in [0.2, 0.25) is 0 Å². The summed E-state index contributed by atoms with van der Waals surface area (Å²) in [5.41, 5.74) is 2.30. The number of benzene rings is 1. The molecule has 0 aliphatic carbocycles. The average molecular weight is 519 g/mol. The van der Waals surface area contributed by atoms with Crippen LogP contribution in [0.4, 0.5) is 0 Å². The van der Waals surface area contributed by atoms with Gasteiger partial charge in [-0.25, -0.2) is 0 Å². The number of hydrogen-bond donors (Lipinski definition) is 0. The predicted molar refractivity (Wildman–Crippen MR) is 165 cm³/mol. The molecule has 2 atom stereocenters. The second kappa shape index (κ2) is 19.6. The molecule has 0 fully saturated rings. The molecular formula is C35H63Cl. The molecule has 1 heteroatoms. The Morgan fingerprint density at radius 2 is 0.944 bits per heavy atom. The molecule has 0 N–H and O–H groups in total. The molecule has 0 saturated carbocycles. The van der Waals surface area contributed by atoms with Gasteiger partial charge in [0.1, 0.15) is 0 Å². The first-order valence-electron chi connectivity index (χ1n) is 16.2. The Hall–Kier alpha value is -0.490. The van der Waals surface area contributed by atoms with Gasteiger partial charge in [-0.15, -0.1) is 0 Å². The van der Waals surface area contributed by atoms with E-state index in [0.717, 1.165) is 10.9 Å². The van der Waals surface area contributed by atoms with Crippen molar-refractivity contribution in [1.82, 2.24) is 0 Å². The molecule has 0 aliphatic heterocycles. The third-order valence-electron chi connectivity index (χ3n) is 9.20. The summed E-state index contributed by atoms with van der Waals surface area (Å²) in [4.78, 5) is 0. The van der Waals surface area contributed by atoms with E-state index >= 15 is 0 Å². The molecule has 0 radical (unpaired) electrons. The lowest BCUT2D eigenvalue weighted by atomic mass is 9.57. The third kappa shape index (κ3) is 11.9. The second-order valence-corrected chi connectivity index (χ2v) is 12.8. The summed E-state index contributed by atoms with van der Waals surface area (Å²) in [7, 11) is 0. The highest BCUT2D eigenvalue weighted by Gasteiger charge is 2.42. The molecular weight excluding hydrogens is 456 g/mol.